The third-order valence-electron chi connectivity index (χ3n) is 2.26. The first-order valence-corrected chi connectivity index (χ1v) is 4.40. The summed E-state index contributed by atoms with van der Waals surface area (Å²) >= 11 is 0. The van der Waals surface area contributed by atoms with Crippen molar-refractivity contribution in [2.75, 3.05) is 0 Å². The van der Waals surface area contributed by atoms with Crippen LogP contribution >= 0.6 is 0 Å². The molecule has 0 N–H and O–H groups in total. The summed E-state index contributed by atoms with van der Waals surface area (Å²) in [5, 5.41) is 1.19. The van der Waals surface area contributed by atoms with Crippen LogP contribution in [0.15, 0.2) is 36.7 Å². The fraction of sp³-hybridized carbons (Fsp3) is 0.0833. The summed E-state index contributed by atoms with van der Waals surface area (Å²) in [5.74, 6) is 0. The summed E-state index contributed by atoms with van der Waals surface area (Å²) in [4.78, 5) is 3.21. The van der Waals surface area contributed by atoms with Crippen LogP contribution < -0.4 is 0 Å². The third-order valence-corrected chi connectivity index (χ3v) is 2.26. The molecule has 14 heavy (non-hydrogen) atoms. The van der Waals surface area contributed by atoms with Crippen molar-refractivity contribution in [2.45, 2.75) is 0 Å². The van der Waals surface area contributed by atoms with Gasteiger partial charge in [0.1, 0.15) is 0 Å². The Hall–Kier alpha value is -2.01. The van der Waals surface area contributed by atoms with E-state index in [1.807, 2.05) is 31.5 Å². The summed E-state index contributed by atoms with van der Waals surface area (Å²) in [7, 11) is 2.01. The lowest BCUT2D eigenvalue weighted by atomic mass is 10.2. The van der Waals surface area contributed by atoms with Crippen molar-refractivity contribution < 1.29 is 0 Å². The van der Waals surface area contributed by atoms with Gasteiger partial charge in [0.05, 0.1) is 6.57 Å². The predicted octanol–water partition coefficient (Wildman–Crippen LogP) is 3.07. The van der Waals surface area contributed by atoms with E-state index in [4.69, 9.17) is 6.57 Å². The van der Waals surface area contributed by atoms with Crippen LogP contribution in [-0.4, -0.2) is 4.57 Å². The first-order chi connectivity index (χ1) is 6.83. The zero-order valence-corrected chi connectivity index (χ0v) is 7.94. The molecular formula is C12H10N2. The smallest absolute Gasteiger partial charge is 0.154 e. The fourth-order valence-electron chi connectivity index (χ4n) is 1.62. The quantitative estimate of drug-likeness (QED) is 0.599. The molecule has 0 bridgehead atoms. The summed E-state index contributed by atoms with van der Waals surface area (Å²) in [5.41, 5.74) is 2.29. The average Bonchev–Trinajstić information content (AvgIpc) is 2.54. The van der Waals surface area contributed by atoms with Crippen molar-refractivity contribution >= 4 is 17.0 Å². The van der Waals surface area contributed by atoms with Crippen molar-refractivity contribution in [1.82, 2.24) is 4.57 Å². The molecule has 0 amide bonds. The van der Waals surface area contributed by atoms with Gasteiger partial charge in [0.25, 0.3) is 0 Å². The van der Waals surface area contributed by atoms with Crippen LogP contribution in [-0.2, 0) is 7.05 Å². The molecule has 0 aliphatic carbocycles. The highest BCUT2D eigenvalue weighted by Crippen LogP contribution is 2.21. The lowest BCUT2D eigenvalue weighted by molar-refractivity contribution is 0.968. The third kappa shape index (κ3) is 1.29. The van der Waals surface area contributed by atoms with Crippen molar-refractivity contribution in [3.8, 4) is 0 Å². The molecule has 0 aliphatic heterocycles. The minimum Gasteiger partial charge on any atom is -0.350 e. The molecule has 2 aromatic rings. The summed E-state index contributed by atoms with van der Waals surface area (Å²) < 4.78 is 2.07. The van der Waals surface area contributed by atoms with Crippen LogP contribution in [0.25, 0.3) is 21.8 Å². The van der Waals surface area contributed by atoms with Crippen LogP contribution in [0, 0.1) is 6.57 Å². The molecule has 2 heteroatoms. The Kier molecular flexibility index (Phi) is 2.08. The van der Waals surface area contributed by atoms with Crippen molar-refractivity contribution in [2.24, 2.45) is 7.05 Å². The van der Waals surface area contributed by atoms with E-state index in [9.17, 15) is 0 Å². The molecule has 0 saturated carbocycles. The zero-order chi connectivity index (χ0) is 9.97. The molecule has 0 aliphatic rings. The Morgan fingerprint density at radius 3 is 2.93 bits per heavy atom. The first kappa shape index (κ1) is 8.58. The van der Waals surface area contributed by atoms with Gasteiger partial charge in [-0.1, -0.05) is 24.3 Å². The van der Waals surface area contributed by atoms with E-state index >= 15 is 0 Å². The van der Waals surface area contributed by atoms with E-state index in [0.717, 1.165) is 5.56 Å². The molecule has 68 valence electrons. The van der Waals surface area contributed by atoms with Crippen molar-refractivity contribution in [3.63, 3.8) is 0 Å². The molecule has 1 aromatic heterocycles. The molecule has 0 unspecified atom stereocenters. The average molecular weight is 182 g/mol. The van der Waals surface area contributed by atoms with E-state index in [0.29, 0.717) is 0 Å². The van der Waals surface area contributed by atoms with Crippen LogP contribution in [0.3, 0.4) is 0 Å². The van der Waals surface area contributed by atoms with E-state index in [-0.39, 0.29) is 0 Å². The van der Waals surface area contributed by atoms with Gasteiger partial charge in [-0.15, -0.1) is 0 Å². The van der Waals surface area contributed by atoms with E-state index in [1.54, 1.807) is 0 Å². The van der Waals surface area contributed by atoms with Gasteiger partial charge in [-0.05, 0) is 11.6 Å². The van der Waals surface area contributed by atoms with Gasteiger partial charge in [0.2, 0.25) is 0 Å². The molecule has 2 nitrogen and oxygen atoms in total. The first-order valence-electron chi connectivity index (χ1n) is 4.40. The van der Waals surface area contributed by atoms with Crippen molar-refractivity contribution in [1.29, 1.82) is 0 Å². The second-order valence-electron chi connectivity index (χ2n) is 3.16. The van der Waals surface area contributed by atoms with E-state index in [1.165, 1.54) is 17.1 Å². The number of benzene rings is 1. The number of hydrogen-bond acceptors (Lipinski definition) is 0. The van der Waals surface area contributed by atoms with Gasteiger partial charge in [-0.2, -0.15) is 0 Å². The Morgan fingerprint density at radius 2 is 2.14 bits per heavy atom. The Balaban J connectivity index is 2.68. The van der Waals surface area contributed by atoms with Crippen LogP contribution in [0.5, 0.6) is 0 Å². The van der Waals surface area contributed by atoms with Gasteiger partial charge in [0, 0.05) is 24.1 Å². The fourth-order valence-corrected chi connectivity index (χ4v) is 1.62. The van der Waals surface area contributed by atoms with Gasteiger partial charge in [-0.25, -0.2) is 4.85 Å². The zero-order valence-electron chi connectivity index (χ0n) is 7.94. The molecule has 1 aromatic carbocycles. The van der Waals surface area contributed by atoms with Crippen LogP contribution in [0.4, 0.5) is 0 Å². The molecule has 0 fully saturated rings. The summed E-state index contributed by atoms with van der Waals surface area (Å²) in [6, 6.07) is 8.17. The second-order valence-corrected chi connectivity index (χ2v) is 3.16. The number of para-hydroxylation sites is 1. The normalized spacial score (nSPS) is 10.9. The molecule has 0 saturated heterocycles. The molecular weight excluding hydrogens is 172 g/mol. The van der Waals surface area contributed by atoms with Crippen molar-refractivity contribution in [3.05, 3.63) is 53.6 Å². The standard InChI is InChI=1S/C12H10N2/c1-13-8-7-10-9-14(2)12-6-4-3-5-11(10)12/h3-9H,2H3. The molecule has 0 spiro atoms. The minimum atomic E-state index is 1.10. The Labute approximate surface area is 82.9 Å². The molecule has 0 radical (unpaired) electrons. The second kappa shape index (κ2) is 3.39. The van der Waals surface area contributed by atoms with E-state index < -0.39 is 0 Å². The van der Waals surface area contributed by atoms with Gasteiger partial charge < -0.3 is 4.57 Å². The molecule has 0 atom stereocenters. The summed E-state index contributed by atoms with van der Waals surface area (Å²) in [6.45, 7) is 6.70. The van der Waals surface area contributed by atoms with Gasteiger partial charge in [0.15, 0.2) is 6.20 Å². The maximum atomic E-state index is 6.70. The number of rotatable bonds is 1. The highest BCUT2D eigenvalue weighted by Gasteiger charge is 2.01. The predicted molar refractivity (Wildman–Crippen MR) is 58.6 cm³/mol. The van der Waals surface area contributed by atoms with Crippen LogP contribution in [0.2, 0.25) is 0 Å². The lowest BCUT2D eigenvalue weighted by Gasteiger charge is -1.92. The van der Waals surface area contributed by atoms with Gasteiger partial charge in [-0.3, -0.25) is 0 Å². The number of hydrogen-bond donors (Lipinski definition) is 0. The number of aryl methyl sites for hydroxylation is 1. The maximum absolute atomic E-state index is 6.70. The highest BCUT2D eigenvalue weighted by atomic mass is 14.9. The van der Waals surface area contributed by atoms with E-state index in [2.05, 4.69) is 21.5 Å². The Bertz CT molecular complexity index is 527. The monoisotopic (exact) mass is 182 g/mol. The minimum absolute atomic E-state index is 1.10. The molecule has 2 rings (SSSR count). The topological polar surface area (TPSA) is 9.29 Å². The Morgan fingerprint density at radius 1 is 1.36 bits per heavy atom. The number of nitrogens with zero attached hydrogens (tertiary/aromatic N) is 2. The van der Waals surface area contributed by atoms with Crippen LogP contribution in [0.1, 0.15) is 5.56 Å². The number of aromatic nitrogens is 1. The lowest BCUT2D eigenvalue weighted by Crippen LogP contribution is -1.81. The summed E-state index contributed by atoms with van der Waals surface area (Å²) in [6.07, 6.45) is 5.36. The number of fused-ring (bicyclic) bond motifs is 1. The largest absolute Gasteiger partial charge is 0.350 e. The maximum Gasteiger partial charge on any atom is 0.154 e. The highest BCUT2D eigenvalue weighted by molar-refractivity contribution is 5.89. The SMILES string of the molecule is [C-]#[N+]C=Cc1cn(C)c2ccccc12. The van der Waals surface area contributed by atoms with Gasteiger partial charge >= 0.3 is 0 Å². The molecule has 1 heterocycles.